The number of aryl methyl sites for hydroxylation is 2. The third-order valence-corrected chi connectivity index (χ3v) is 7.81. The van der Waals surface area contributed by atoms with Crippen LogP contribution in [-0.4, -0.2) is 41.9 Å². The van der Waals surface area contributed by atoms with Crippen LogP contribution in [0.15, 0.2) is 51.8 Å². The average molecular weight is 455 g/mol. The van der Waals surface area contributed by atoms with Crippen molar-refractivity contribution in [2.75, 3.05) is 12.4 Å². The molecular formula is C23H26N4O4S. The van der Waals surface area contributed by atoms with E-state index < -0.39 is 15.9 Å². The highest BCUT2D eigenvalue weighted by molar-refractivity contribution is 7.89. The standard InChI is InChI=1S/C23H26N4O4S/c1-15-8-13-20(16(2)14-15)22-25-26-23(31-22)24-21(28)17-9-11-19(12-10-17)32(29,30)27(3)18-6-4-5-7-18/h8-14,18H,4-7H2,1-3H3,(H,24,26,28). The monoisotopic (exact) mass is 454 g/mol. The number of anilines is 1. The summed E-state index contributed by atoms with van der Waals surface area (Å²) in [5.41, 5.74) is 3.20. The van der Waals surface area contributed by atoms with Gasteiger partial charge in [-0.1, -0.05) is 35.6 Å². The Kier molecular flexibility index (Phi) is 6.12. The molecule has 0 spiro atoms. The molecule has 1 fully saturated rings. The summed E-state index contributed by atoms with van der Waals surface area (Å²) < 4.78 is 32.8. The van der Waals surface area contributed by atoms with Crippen LogP contribution in [-0.2, 0) is 10.0 Å². The van der Waals surface area contributed by atoms with Gasteiger partial charge in [-0.3, -0.25) is 10.1 Å². The molecule has 1 aliphatic rings. The first-order chi connectivity index (χ1) is 15.3. The molecule has 1 amide bonds. The minimum atomic E-state index is -3.60. The molecule has 0 aliphatic heterocycles. The van der Waals surface area contributed by atoms with Gasteiger partial charge in [-0.15, -0.1) is 5.10 Å². The van der Waals surface area contributed by atoms with Gasteiger partial charge in [0.1, 0.15) is 0 Å². The summed E-state index contributed by atoms with van der Waals surface area (Å²) in [4.78, 5) is 12.7. The van der Waals surface area contributed by atoms with Crippen LogP contribution in [0.5, 0.6) is 0 Å². The van der Waals surface area contributed by atoms with Crippen molar-refractivity contribution in [3.05, 3.63) is 59.2 Å². The van der Waals surface area contributed by atoms with Gasteiger partial charge >= 0.3 is 6.01 Å². The number of rotatable bonds is 6. The first kappa shape index (κ1) is 22.2. The average Bonchev–Trinajstić information content (AvgIpc) is 3.46. The second kappa shape index (κ2) is 8.84. The number of nitrogens with zero attached hydrogens (tertiary/aromatic N) is 3. The van der Waals surface area contributed by atoms with E-state index in [1.54, 1.807) is 7.05 Å². The van der Waals surface area contributed by atoms with Gasteiger partial charge in [0.05, 0.1) is 4.90 Å². The lowest BCUT2D eigenvalue weighted by atomic mass is 10.1. The molecule has 0 unspecified atom stereocenters. The van der Waals surface area contributed by atoms with Crippen LogP contribution < -0.4 is 5.32 Å². The van der Waals surface area contributed by atoms with Gasteiger partial charge in [0.15, 0.2) is 0 Å². The highest BCUT2D eigenvalue weighted by Crippen LogP contribution is 2.28. The maximum Gasteiger partial charge on any atom is 0.322 e. The number of nitrogens with one attached hydrogen (secondary N) is 1. The van der Waals surface area contributed by atoms with Crippen molar-refractivity contribution < 1.29 is 17.6 Å². The highest BCUT2D eigenvalue weighted by atomic mass is 32.2. The largest absolute Gasteiger partial charge is 0.403 e. The second-order valence-corrected chi connectivity index (χ2v) is 10.2. The Morgan fingerprint density at radius 1 is 1.06 bits per heavy atom. The lowest BCUT2D eigenvalue weighted by Gasteiger charge is -2.23. The van der Waals surface area contributed by atoms with Crippen LogP contribution in [0.2, 0.25) is 0 Å². The molecule has 1 aromatic heterocycles. The molecule has 2 aromatic carbocycles. The van der Waals surface area contributed by atoms with Crippen molar-refractivity contribution in [2.45, 2.75) is 50.5 Å². The van der Waals surface area contributed by atoms with Gasteiger partial charge in [-0.05, 0) is 62.6 Å². The number of aromatic nitrogens is 2. The number of amides is 1. The lowest BCUT2D eigenvalue weighted by molar-refractivity contribution is 0.102. The Morgan fingerprint density at radius 3 is 2.41 bits per heavy atom. The zero-order valence-electron chi connectivity index (χ0n) is 18.3. The van der Waals surface area contributed by atoms with Gasteiger partial charge in [0.2, 0.25) is 15.9 Å². The first-order valence-corrected chi connectivity index (χ1v) is 12.0. The minimum Gasteiger partial charge on any atom is -0.403 e. The fourth-order valence-corrected chi connectivity index (χ4v) is 5.43. The third-order valence-electron chi connectivity index (χ3n) is 5.89. The SMILES string of the molecule is Cc1ccc(-c2nnc(NC(=O)c3ccc(S(=O)(=O)N(C)C4CCCC4)cc3)o2)c(C)c1. The quantitative estimate of drug-likeness (QED) is 0.599. The molecule has 3 aromatic rings. The van der Waals surface area contributed by atoms with Gasteiger partial charge in [0.25, 0.3) is 5.91 Å². The van der Waals surface area contributed by atoms with Crippen molar-refractivity contribution in [3.8, 4) is 11.5 Å². The molecule has 8 nitrogen and oxygen atoms in total. The number of hydrogen-bond donors (Lipinski definition) is 1. The topological polar surface area (TPSA) is 105 Å². The molecule has 1 aliphatic carbocycles. The zero-order chi connectivity index (χ0) is 22.9. The van der Waals surface area contributed by atoms with Gasteiger partial charge in [-0.2, -0.15) is 4.31 Å². The number of sulfonamides is 1. The lowest BCUT2D eigenvalue weighted by Crippen LogP contribution is -2.35. The van der Waals surface area contributed by atoms with Crippen molar-refractivity contribution in [2.24, 2.45) is 0 Å². The normalized spacial score (nSPS) is 14.8. The van der Waals surface area contributed by atoms with E-state index in [0.29, 0.717) is 11.5 Å². The molecule has 9 heteroatoms. The highest BCUT2D eigenvalue weighted by Gasteiger charge is 2.30. The van der Waals surface area contributed by atoms with E-state index in [4.69, 9.17) is 4.42 Å². The molecule has 1 heterocycles. The van der Waals surface area contributed by atoms with Crippen LogP contribution in [0.25, 0.3) is 11.5 Å². The smallest absolute Gasteiger partial charge is 0.322 e. The van der Waals surface area contributed by atoms with E-state index in [0.717, 1.165) is 42.4 Å². The Balaban J connectivity index is 1.46. The molecule has 0 radical (unpaired) electrons. The van der Waals surface area contributed by atoms with Gasteiger partial charge in [0, 0.05) is 24.2 Å². The van der Waals surface area contributed by atoms with E-state index in [1.807, 2.05) is 32.0 Å². The predicted molar refractivity (Wildman–Crippen MR) is 121 cm³/mol. The van der Waals surface area contributed by atoms with Crippen molar-refractivity contribution in [3.63, 3.8) is 0 Å². The molecule has 0 bridgehead atoms. The van der Waals surface area contributed by atoms with Crippen LogP contribution in [0.3, 0.4) is 0 Å². The van der Waals surface area contributed by atoms with Crippen LogP contribution in [0, 0.1) is 13.8 Å². The van der Waals surface area contributed by atoms with Crippen LogP contribution in [0.1, 0.15) is 47.2 Å². The molecule has 1 N–H and O–H groups in total. The molecular weight excluding hydrogens is 428 g/mol. The van der Waals surface area contributed by atoms with Crippen molar-refractivity contribution in [1.29, 1.82) is 0 Å². The number of carbonyl (C=O) groups is 1. The van der Waals surface area contributed by atoms with Crippen molar-refractivity contribution >= 4 is 21.9 Å². The summed E-state index contributed by atoms with van der Waals surface area (Å²) in [6, 6.07) is 11.7. The summed E-state index contributed by atoms with van der Waals surface area (Å²) in [5, 5.41) is 10.5. The van der Waals surface area contributed by atoms with Gasteiger partial charge in [-0.25, -0.2) is 8.42 Å². The van der Waals surface area contributed by atoms with E-state index >= 15 is 0 Å². The van der Waals surface area contributed by atoms with E-state index in [2.05, 4.69) is 15.5 Å². The summed E-state index contributed by atoms with van der Waals surface area (Å²) in [6.45, 7) is 3.95. The Morgan fingerprint density at radius 2 is 1.75 bits per heavy atom. The molecule has 32 heavy (non-hydrogen) atoms. The molecule has 0 atom stereocenters. The predicted octanol–water partition coefficient (Wildman–Crippen LogP) is 4.17. The maximum atomic E-state index is 12.9. The summed E-state index contributed by atoms with van der Waals surface area (Å²) in [6.07, 6.45) is 3.85. The zero-order valence-corrected chi connectivity index (χ0v) is 19.1. The summed E-state index contributed by atoms with van der Waals surface area (Å²) >= 11 is 0. The van der Waals surface area contributed by atoms with E-state index in [9.17, 15) is 13.2 Å². The number of carbonyl (C=O) groups excluding carboxylic acids is 1. The van der Waals surface area contributed by atoms with E-state index in [-0.39, 0.29) is 17.0 Å². The second-order valence-electron chi connectivity index (χ2n) is 8.17. The molecule has 0 saturated heterocycles. The Hall–Kier alpha value is -3.04. The van der Waals surface area contributed by atoms with Crippen LogP contribution >= 0.6 is 0 Å². The fourth-order valence-electron chi connectivity index (χ4n) is 4.01. The maximum absolute atomic E-state index is 12.9. The van der Waals surface area contributed by atoms with Gasteiger partial charge < -0.3 is 4.42 Å². The van der Waals surface area contributed by atoms with E-state index in [1.165, 1.54) is 28.6 Å². The Labute approximate surface area is 187 Å². The summed E-state index contributed by atoms with van der Waals surface area (Å²) in [5.74, 6) is -0.150. The number of hydrogen-bond acceptors (Lipinski definition) is 6. The first-order valence-electron chi connectivity index (χ1n) is 10.6. The molecule has 4 rings (SSSR count). The fraction of sp³-hybridized carbons (Fsp3) is 0.348. The minimum absolute atomic E-state index is 0.0253. The third kappa shape index (κ3) is 4.44. The Bertz CT molecular complexity index is 1230. The van der Waals surface area contributed by atoms with Crippen molar-refractivity contribution in [1.82, 2.24) is 14.5 Å². The number of benzene rings is 2. The molecule has 168 valence electrons. The van der Waals surface area contributed by atoms with Crippen LogP contribution in [0.4, 0.5) is 6.01 Å². The molecule has 1 saturated carbocycles. The summed E-state index contributed by atoms with van der Waals surface area (Å²) in [7, 11) is -1.98.